The largest absolute Gasteiger partial charge is 0.495 e. The van der Waals surface area contributed by atoms with Gasteiger partial charge in [0.25, 0.3) is 0 Å². The van der Waals surface area contributed by atoms with Crippen LogP contribution < -0.4 is 15.4 Å². The van der Waals surface area contributed by atoms with Gasteiger partial charge in [-0.05, 0) is 86.8 Å². The maximum absolute atomic E-state index is 13.1. The Balaban J connectivity index is 1.29. The van der Waals surface area contributed by atoms with Gasteiger partial charge >= 0.3 is 12.0 Å². The third-order valence-electron chi connectivity index (χ3n) is 7.33. The first-order valence-electron chi connectivity index (χ1n) is 12.6. The van der Waals surface area contributed by atoms with E-state index in [2.05, 4.69) is 10.6 Å². The summed E-state index contributed by atoms with van der Waals surface area (Å²) >= 11 is 0. The second-order valence-corrected chi connectivity index (χ2v) is 9.67. The molecule has 8 nitrogen and oxygen atoms in total. The van der Waals surface area contributed by atoms with E-state index in [0.29, 0.717) is 36.0 Å². The van der Waals surface area contributed by atoms with Crippen LogP contribution in [-0.2, 0) is 14.3 Å². The van der Waals surface area contributed by atoms with Crippen LogP contribution in [0.15, 0.2) is 42.5 Å². The van der Waals surface area contributed by atoms with Gasteiger partial charge in [0.15, 0.2) is 0 Å². The first-order chi connectivity index (χ1) is 17.4. The third kappa shape index (κ3) is 5.80. The van der Waals surface area contributed by atoms with Crippen molar-refractivity contribution in [3.8, 4) is 5.75 Å². The Morgan fingerprint density at radius 3 is 2.31 bits per heavy atom. The fourth-order valence-corrected chi connectivity index (χ4v) is 5.36. The van der Waals surface area contributed by atoms with Gasteiger partial charge in [-0.25, -0.2) is 9.59 Å². The minimum Gasteiger partial charge on any atom is -0.495 e. The lowest BCUT2D eigenvalue weighted by molar-refractivity contribution is -0.152. The molecule has 8 heteroatoms. The van der Waals surface area contributed by atoms with Crippen molar-refractivity contribution in [2.45, 2.75) is 57.4 Å². The Hall–Kier alpha value is -3.55. The number of hydrogen-bond donors (Lipinski definition) is 2. The molecule has 1 atom stereocenters. The van der Waals surface area contributed by atoms with Gasteiger partial charge in [-0.15, -0.1) is 0 Å². The summed E-state index contributed by atoms with van der Waals surface area (Å²) in [5.41, 5.74) is 3.55. The summed E-state index contributed by atoms with van der Waals surface area (Å²) in [5.74, 6) is 0.732. The van der Waals surface area contributed by atoms with Crippen LogP contribution in [-0.4, -0.2) is 49.6 Å². The molecule has 1 saturated carbocycles. The fraction of sp³-hybridized carbons (Fsp3) is 0.464. The highest BCUT2D eigenvalue weighted by molar-refractivity contribution is 6.00. The standard InChI is InChI=1S/C28H35N3O5/c1-18-6-15-25(35-2)23(17-18)30-28(34)29-22-13-11-20(12-14-22)19-7-9-21(10-8-19)26(32)31-16-4-5-24(31)27(33)36-3/h6,11-15,17,19,21,24H,4-5,7-10,16H2,1-3H3,(H2,29,30,34)/t19?,21?,24-/m1/s1. The first kappa shape index (κ1) is 25.5. The number of nitrogens with one attached hydrogen (secondary N) is 2. The number of aryl methyl sites for hydroxylation is 1. The van der Waals surface area contributed by atoms with E-state index in [0.717, 1.165) is 37.7 Å². The molecule has 36 heavy (non-hydrogen) atoms. The van der Waals surface area contributed by atoms with E-state index >= 15 is 0 Å². The lowest BCUT2D eigenvalue weighted by Crippen LogP contribution is -2.44. The molecular weight excluding hydrogens is 458 g/mol. The molecule has 0 spiro atoms. The van der Waals surface area contributed by atoms with Crippen molar-refractivity contribution < 1.29 is 23.9 Å². The van der Waals surface area contributed by atoms with E-state index in [1.165, 1.54) is 12.7 Å². The Kier molecular flexibility index (Phi) is 8.13. The third-order valence-corrected chi connectivity index (χ3v) is 7.33. The number of amides is 3. The van der Waals surface area contributed by atoms with Gasteiger partial charge in [0, 0.05) is 18.2 Å². The number of urea groups is 1. The highest BCUT2D eigenvalue weighted by atomic mass is 16.5. The van der Waals surface area contributed by atoms with Crippen molar-refractivity contribution in [3.05, 3.63) is 53.6 Å². The van der Waals surface area contributed by atoms with Crippen molar-refractivity contribution >= 4 is 29.3 Å². The summed E-state index contributed by atoms with van der Waals surface area (Å²) in [6, 6.07) is 12.8. The highest BCUT2D eigenvalue weighted by Crippen LogP contribution is 2.38. The monoisotopic (exact) mass is 493 g/mol. The van der Waals surface area contributed by atoms with Crippen LogP contribution in [0.25, 0.3) is 0 Å². The Morgan fingerprint density at radius 1 is 0.917 bits per heavy atom. The summed E-state index contributed by atoms with van der Waals surface area (Å²) in [4.78, 5) is 39.3. The minimum atomic E-state index is -0.426. The maximum atomic E-state index is 13.1. The molecule has 3 amide bonds. The van der Waals surface area contributed by atoms with Crippen LogP contribution in [0.2, 0.25) is 0 Å². The average Bonchev–Trinajstić information content (AvgIpc) is 3.38. The number of likely N-dealkylation sites (tertiary alicyclic amines) is 1. The Morgan fingerprint density at radius 2 is 1.64 bits per heavy atom. The molecule has 0 aromatic heterocycles. The van der Waals surface area contributed by atoms with E-state index in [1.54, 1.807) is 12.0 Å². The van der Waals surface area contributed by atoms with Gasteiger partial charge in [0.2, 0.25) is 5.91 Å². The number of hydrogen-bond acceptors (Lipinski definition) is 5. The number of methoxy groups -OCH3 is 2. The molecule has 2 fully saturated rings. The molecule has 1 saturated heterocycles. The van der Waals surface area contributed by atoms with Crippen LogP contribution in [0.1, 0.15) is 55.6 Å². The summed E-state index contributed by atoms with van der Waals surface area (Å²) < 4.78 is 10.2. The van der Waals surface area contributed by atoms with Crippen molar-refractivity contribution in [1.82, 2.24) is 4.90 Å². The van der Waals surface area contributed by atoms with Gasteiger partial charge in [0.1, 0.15) is 11.8 Å². The second kappa shape index (κ2) is 11.5. The SMILES string of the molecule is COC(=O)[C@H]1CCCN1C(=O)C1CCC(c2ccc(NC(=O)Nc3cc(C)ccc3OC)cc2)CC1. The molecule has 192 valence electrons. The normalized spacial score (nSPS) is 21.5. The van der Waals surface area contributed by atoms with Gasteiger partial charge in [-0.1, -0.05) is 18.2 Å². The molecule has 1 aliphatic carbocycles. The summed E-state index contributed by atoms with van der Waals surface area (Å²) in [7, 11) is 2.95. The molecule has 1 heterocycles. The number of rotatable bonds is 6. The highest BCUT2D eigenvalue weighted by Gasteiger charge is 2.38. The quantitative estimate of drug-likeness (QED) is 0.547. The van der Waals surface area contributed by atoms with Crippen molar-refractivity contribution in [3.63, 3.8) is 0 Å². The molecule has 2 aliphatic rings. The average molecular weight is 494 g/mol. The Labute approximate surface area is 212 Å². The van der Waals surface area contributed by atoms with Gasteiger partial charge < -0.3 is 25.0 Å². The van der Waals surface area contributed by atoms with Crippen molar-refractivity contribution in [1.29, 1.82) is 0 Å². The van der Waals surface area contributed by atoms with Crippen LogP contribution in [0.3, 0.4) is 0 Å². The molecule has 0 radical (unpaired) electrons. The van der Waals surface area contributed by atoms with E-state index < -0.39 is 6.04 Å². The topological polar surface area (TPSA) is 97.0 Å². The molecule has 4 rings (SSSR count). The number of ether oxygens (including phenoxy) is 2. The van der Waals surface area contributed by atoms with Crippen molar-refractivity contribution in [2.24, 2.45) is 5.92 Å². The maximum Gasteiger partial charge on any atom is 0.328 e. The predicted octanol–water partition coefficient (Wildman–Crippen LogP) is 5.09. The molecule has 2 aromatic rings. The lowest BCUT2D eigenvalue weighted by atomic mass is 9.78. The lowest BCUT2D eigenvalue weighted by Gasteiger charge is -2.32. The van der Waals surface area contributed by atoms with E-state index in [4.69, 9.17) is 9.47 Å². The predicted molar refractivity (Wildman–Crippen MR) is 138 cm³/mol. The zero-order valence-corrected chi connectivity index (χ0v) is 21.2. The minimum absolute atomic E-state index is 0.0326. The van der Waals surface area contributed by atoms with Crippen LogP contribution >= 0.6 is 0 Å². The molecule has 2 N–H and O–H groups in total. The summed E-state index contributed by atoms with van der Waals surface area (Å²) in [5, 5.41) is 5.71. The zero-order chi connectivity index (χ0) is 25.7. The van der Waals surface area contributed by atoms with Gasteiger partial charge in [-0.2, -0.15) is 0 Å². The fourth-order valence-electron chi connectivity index (χ4n) is 5.36. The molecule has 0 unspecified atom stereocenters. The number of carbonyl (C=O) groups excluding carboxylic acids is 3. The molecule has 2 aromatic carbocycles. The van der Waals surface area contributed by atoms with Crippen LogP contribution in [0, 0.1) is 12.8 Å². The smallest absolute Gasteiger partial charge is 0.328 e. The van der Waals surface area contributed by atoms with E-state index in [-0.39, 0.29) is 23.8 Å². The molecule has 1 aliphatic heterocycles. The number of anilines is 2. The van der Waals surface area contributed by atoms with Gasteiger partial charge in [0.05, 0.1) is 19.9 Å². The number of benzene rings is 2. The van der Waals surface area contributed by atoms with Crippen molar-refractivity contribution in [2.75, 3.05) is 31.4 Å². The molecular formula is C28H35N3O5. The summed E-state index contributed by atoms with van der Waals surface area (Å²) in [6.45, 7) is 2.59. The Bertz CT molecular complexity index is 1090. The van der Waals surface area contributed by atoms with Crippen LogP contribution in [0.4, 0.5) is 16.2 Å². The second-order valence-electron chi connectivity index (χ2n) is 9.67. The summed E-state index contributed by atoms with van der Waals surface area (Å²) in [6.07, 6.45) is 5.01. The first-order valence-corrected chi connectivity index (χ1v) is 12.6. The molecule has 0 bridgehead atoms. The van der Waals surface area contributed by atoms with Gasteiger partial charge in [-0.3, -0.25) is 4.79 Å². The zero-order valence-electron chi connectivity index (χ0n) is 21.2. The van der Waals surface area contributed by atoms with E-state index in [9.17, 15) is 14.4 Å². The number of nitrogens with zero attached hydrogens (tertiary/aromatic N) is 1. The number of carbonyl (C=O) groups is 3. The van der Waals surface area contributed by atoms with E-state index in [1.807, 2.05) is 49.4 Å². The van der Waals surface area contributed by atoms with Crippen LogP contribution in [0.5, 0.6) is 5.75 Å². The number of esters is 1.